The van der Waals surface area contributed by atoms with Crippen LogP contribution in [0.5, 0.6) is 0 Å². The summed E-state index contributed by atoms with van der Waals surface area (Å²) >= 11 is 1.42. The third-order valence-electron chi connectivity index (χ3n) is 4.79. The van der Waals surface area contributed by atoms with E-state index in [0.29, 0.717) is 33.1 Å². The number of nitrogens with zero attached hydrogens (tertiary/aromatic N) is 1. The minimum Gasteiger partial charge on any atom is -0.465 e. The molecule has 0 saturated carbocycles. The molecule has 1 amide bonds. The molecule has 152 valence electrons. The molecule has 1 aliphatic heterocycles. The third kappa shape index (κ3) is 4.24. The van der Waals surface area contributed by atoms with Crippen LogP contribution in [0.15, 0.2) is 76.5 Å². The zero-order valence-electron chi connectivity index (χ0n) is 16.9. The number of carbonyl (C=O) groups excluding carboxylic acids is 2. The topological polar surface area (TPSA) is 91.2 Å². The van der Waals surface area contributed by atoms with E-state index in [9.17, 15) is 14.9 Å². The summed E-state index contributed by atoms with van der Waals surface area (Å²) in [6, 6.07) is 18.2. The van der Waals surface area contributed by atoms with E-state index in [-0.39, 0.29) is 5.91 Å². The molecule has 6 nitrogen and oxygen atoms in total. The Kier molecular flexibility index (Phi) is 6.60. The number of hydrogen-bond donors (Lipinski definition) is 2. The largest absolute Gasteiger partial charge is 0.465 e. The van der Waals surface area contributed by atoms with Gasteiger partial charge in [-0.2, -0.15) is 5.26 Å². The molecule has 0 bridgehead atoms. The van der Waals surface area contributed by atoms with Gasteiger partial charge >= 0.3 is 5.97 Å². The molecule has 0 radical (unpaired) electrons. The van der Waals surface area contributed by atoms with Crippen LogP contribution in [0.4, 0.5) is 5.69 Å². The summed E-state index contributed by atoms with van der Waals surface area (Å²) in [6.45, 7) is 1.82. The molecule has 0 saturated heterocycles. The lowest BCUT2D eigenvalue weighted by Crippen LogP contribution is -2.30. The van der Waals surface area contributed by atoms with E-state index in [1.165, 1.54) is 18.9 Å². The number of carbonyl (C=O) groups is 2. The maximum Gasteiger partial charge on any atom is 0.337 e. The zero-order chi connectivity index (χ0) is 21.7. The van der Waals surface area contributed by atoms with Crippen molar-refractivity contribution in [2.45, 2.75) is 12.8 Å². The molecule has 7 heteroatoms. The average Bonchev–Trinajstić information content (AvgIpc) is 2.78. The van der Waals surface area contributed by atoms with Crippen molar-refractivity contribution < 1.29 is 14.3 Å². The lowest BCUT2D eigenvalue weighted by Gasteiger charge is -2.29. The molecule has 1 unspecified atom stereocenters. The first kappa shape index (κ1) is 21.2. The molecule has 1 heterocycles. The molecule has 0 spiro atoms. The monoisotopic (exact) mass is 419 g/mol. The number of nitrogens with one attached hydrogen (secondary N) is 2. The SMILES string of the molecule is COC(=O)c1ccc(C2C(C#N)=C(SC)NC(C)=C2C(=O)Nc2ccccc2)cc1. The number of amides is 1. The van der Waals surface area contributed by atoms with Gasteiger partial charge in [-0.05, 0) is 43.0 Å². The number of hydrogen-bond acceptors (Lipinski definition) is 6. The number of benzene rings is 2. The van der Waals surface area contributed by atoms with Crippen molar-refractivity contribution in [1.29, 1.82) is 5.26 Å². The van der Waals surface area contributed by atoms with Crippen molar-refractivity contribution in [3.8, 4) is 6.07 Å². The van der Waals surface area contributed by atoms with Gasteiger partial charge in [-0.1, -0.05) is 30.3 Å². The first-order valence-corrected chi connectivity index (χ1v) is 10.4. The number of dihydropyridines is 1. The smallest absolute Gasteiger partial charge is 0.337 e. The molecule has 30 heavy (non-hydrogen) atoms. The highest BCUT2D eigenvalue weighted by atomic mass is 32.2. The van der Waals surface area contributed by atoms with Crippen LogP contribution >= 0.6 is 11.8 Å². The Balaban J connectivity index is 2.06. The maximum absolute atomic E-state index is 13.2. The van der Waals surface area contributed by atoms with Gasteiger partial charge in [0.05, 0.1) is 35.3 Å². The summed E-state index contributed by atoms with van der Waals surface area (Å²) in [5.74, 6) is -1.29. The summed E-state index contributed by atoms with van der Waals surface area (Å²) < 4.78 is 4.75. The fraction of sp³-hybridized carbons (Fsp3) is 0.174. The quantitative estimate of drug-likeness (QED) is 0.707. The van der Waals surface area contributed by atoms with Gasteiger partial charge in [-0.25, -0.2) is 4.79 Å². The van der Waals surface area contributed by atoms with Gasteiger partial charge in [0.1, 0.15) is 0 Å². The summed E-state index contributed by atoms with van der Waals surface area (Å²) in [5.41, 5.74) is 3.40. The van der Waals surface area contributed by atoms with Crippen LogP contribution in [0.3, 0.4) is 0 Å². The molecule has 3 rings (SSSR count). The first-order valence-electron chi connectivity index (χ1n) is 9.20. The first-order chi connectivity index (χ1) is 14.5. The fourth-order valence-corrected chi connectivity index (χ4v) is 4.00. The predicted molar refractivity (Wildman–Crippen MR) is 118 cm³/mol. The third-order valence-corrected chi connectivity index (χ3v) is 5.52. The van der Waals surface area contributed by atoms with Gasteiger partial charge in [0.25, 0.3) is 5.91 Å². The van der Waals surface area contributed by atoms with Gasteiger partial charge in [0.15, 0.2) is 0 Å². The number of para-hydroxylation sites is 1. The predicted octanol–water partition coefficient (Wildman–Crippen LogP) is 4.17. The van der Waals surface area contributed by atoms with Crippen molar-refractivity contribution in [3.63, 3.8) is 0 Å². The molecular formula is C23H21N3O3S. The number of nitriles is 1. The Labute approximate surface area is 179 Å². The minimum absolute atomic E-state index is 0.291. The van der Waals surface area contributed by atoms with Crippen molar-refractivity contribution in [2.75, 3.05) is 18.7 Å². The summed E-state index contributed by atoms with van der Waals surface area (Å²) in [6.07, 6.45) is 1.87. The number of esters is 1. The standard InChI is InChI=1S/C23H21N3O3S/c1-14-19(21(27)26-17-7-5-4-6-8-17)20(18(13-24)22(25-14)30-3)15-9-11-16(12-10-15)23(28)29-2/h4-12,20,25H,1-3H3,(H,26,27). The molecule has 1 atom stereocenters. The Morgan fingerprint density at radius 1 is 1.13 bits per heavy atom. The average molecular weight is 420 g/mol. The van der Waals surface area contributed by atoms with Crippen molar-refractivity contribution >= 4 is 29.3 Å². The Morgan fingerprint density at radius 2 is 1.80 bits per heavy atom. The molecule has 2 N–H and O–H groups in total. The number of methoxy groups -OCH3 is 1. The van der Waals surface area contributed by atoms with Crippen molar-refractivity contribution in [2.24, 2.45) is 0 Å². The van der Waals surface area contributed by atoms with E-state index in [0.717, 1.165) is 5.56 Å². The molecule has 0 fully saturated rings. The van der Waals surface area contributed by atoms with E-state index in [1.54, 1.807) is 36.4 Å². The van der Waals surface area contributed by atoms with Gasteiger partial charge in [-0.15, -0.1) is 11.8 Å². The fourth-order valence-electron chi connectivity index (χ4n) is 3.36. The second kappa shape index (κ2) is 9.33. The van der Waals surface area contributed by atoms with Crippen LogP contribution in [-0.4, -0.2) is 25.2 Å². The van der Waals surface area contributed by atoms with Gasteiger partial charge in [-0.3, -0.25) is 4.79 Å². The van der Waals surface area contributed by atoms with Gasteiger partial charge < -0.3 is 15.4 Å². The molecular weight excluding hydrogens is 398 g/mol. The highest BCUT2D eigenvalue weighted by Gasteiger charge is 2.34. The van der Waals surface area contributed by atoms with Crippen LogP contribution in [0.2, 0.25) is 0 Å². The van der Waals surface area contributed by atoms with Crippen molar-refractivity contribution in [3.05, 3.63) is 87.6 Å². The Morgan fingerprint density at radius 3 is 2.37 bits per heavy atom. The van der Waals surface area contributed by atoms with E-state index < -0.39 is 11.9 Å². The van der Waals surface area contributed by atoms with Crippen molar-refractivity contribution in [1.82, 2.24) is 5.32 Å². The Bertz CT molecular complexity index is 1070. The summed E-state index contributed by atoms with van der Waals surface area (Å²) in [5, 5.41) is 16.7. The van der Waals surface area contributed by atoms with Gasteiger partial charge in [0.2, 0.25) is 0 Å². The van der Waals surface area contributed by atoms with Crippen LogP contribution < -0.4 is 10.6 Å². The molecule has 1 aliphatic rings. The van der Waals surface area contributed by atoms with Crippen LogP contribution in [0.1, 0.15) is 28.8 Å². The normalized spacial score (nSPS) is 15.9. The zero-order valence-corrected chi connectivity index (χ0v) is 17.7. The van der Waals surface area contributed by atoms with E-state index in [1.807, 2.05) is 31.4 Å². The van der Waals surface area contributed by atoms with E-state index >= 15 is 0 Å². The maximum atomic E-state index is 13.2. The van der Waals surface area contributed by atoms with E-state index in [2.05, 4.69) is 16.7 Å². The highest BCUT2D eigenvalue weighted by Crippen LogP contribution is 2.40. The second-order valence-corrected chi connectivity index (χ2v) is 7.41. The highest BCUT2D eigenvalue weighted by molar-refractivity contribution is 8.02. The molecule has 0 aliphatic carbocycles. The van der Waals surface area contributed by atoms with Crippen LogP contribution in [0, 0.1) is 11.3 Å². The van der Waals surface area contributed by atoms with Gasteiger partial charge in [0, 0.05) is 17.0 Å². The van der Waals surface area contributed by atoms with E-state index in [4.69, 9.17) is 4.74 Å². The molecule has 2 aromatic rings. The molecule has 2 aromatic carbocycles. The van der Waals surface area contributed by atoms with Crippen LogP contribution in [-0.2, 0) is 9.53 Å². The summed E-state index contributed by atoms with van der Waals surface area (Å²) in [7, 11) is 1.32. The number of thioether (sulfide) groups is 1. The lowest BCUT2D eigenvalue weighted by atomic mass is 9.82. The number of rotatable bonds is 5. The Hall–Kier alpha value is -3.50. The second-order valence-electron chi connectivity index (χ2n) is 6.59. The number of ether oxygens (including phenoxy) is 1. The lowest BCUT2D eigenvalue weighted by molar-refractivity contribution is -0.113. The minimum atomic E-state index is -0.561. The molecule has 0 aromatic heterocycles. The number of anilines is 1. The van der Waals surface area contributed by atoms with Crippen LogP contribution in [0.25, 0.3) is 0 Å². The summed E-state index contributed by atoms with van der Waals surface area (Å²) in [4.78, 5) is 25.0. The number of allylic oxidation sites excluding steroid dienone is 2.